The summed E-state index contributed by atoms with van der Waals surface area (Å²) in [5.41, 5.74) is 3.42. The zero-order chi connectivity index (χ0) is 15.0. The van der Waals surface area contributed by atoms with E-state index in [0.717, 1.165) is 0 Å². The lowest BCUT2D eigenvalue weighted by Crippen LogP contribution is -2.16. The number of rotatable bonds is 2. The lowest BCUT2D eigenvalue weighted by molar-refractivity contribution is -0.274. The molecule has 0 unspecified atom stereocenters. The molecule has 0 spiro atoms. The molecule has 0 saturated heterocycles. The van der Waals surface area contributed by atoms with Crippen LogP contribution in [0.25, 0.3) is 21.6 Å². The molecule has 108 valence electrons. The molecule has 0 atom stereocenters. The minimum Gasteiger partial charge on any atom is -0.406 e. The molecule has 0 saturated carbocycles. The number of alkyl halides is 3. The van der Waals surface area contributed by atoms with E-state index in [4.69, 9.17) is 0 Å². The molecule has 0 aliphatic rings. The van der Waals surface area contributed by atoms with Crippen LogP contribution in [0, 0.1) is 0 Å². The summed E-state index contributed by atoms with van der Waals surface area (Å²) in [6.07, 6.45) is -4.71. The normalized spacial score (nSPS) is 11.8. The van der Waals surface area contributed by atoms with Crippen LogP contribution in [0.15, 0.2) is 34.5 Å². The summed E-state index contributed by atoms with van der Waals surface area (Å²) in [6, 6.07) is 5.46. The van der Waals surface area contributed by atoms with E-state index in [-0.39, 0.29) is 5.75 Å². The van der Waals surface area contributed by atoms with E-state index < -0.39 is 6.36 Å². The molecule has 4 nitrogen and oxygen atoms in total. The van der Waals surface area contributed by atoms with Crippen LogP contribution in [0.3, 0.4) is 0 Å². The predicted octanol–water partition coefficient (Wildman–Crippen LogP) is 4.41. The first-order valence-electron chi connectivity index (χ1n) is 5.55. The fourth-order valence-electron chi connectivity index (χ4n) is 1.75. The van der Waals surface area contributed by atoms with Gasteiger partial charge in [0.05, 0.1) is 5.51 Å². The van der Waals surface area contributed by atoms with Crippen molar-refractivity contribution in [3.63, 3.8) is 0 Å². The number of benzene rings is 1. The molecule has 2 heterocycles. The number of thiazole rings is 1. The number of hydrogen-bond acceptors (Lipinski definition) is 5. The second-order valence-electron chi connectivity index (χ2n) is 3.92. The molecule has 1 aromatic carbocycles. The van der Waals surface area contributed by atoms with Crippen LogP contribution in [0.2, 0.25) is 0 Å². The predicted molar refractivity (Wildman–Crippen MR) is 75.0 cm³/mol. The highest BCUT2D eigenvalue weighted by atomic mass is 79.9. The van der Waals surface area contributed by atoms with E-state index >= 15 is 0 Å². The smallest absolute Gasteiger partial charge is 0.406 e. The Labute approximate surface area is 128 Å². The SMILES string of the molecule is FC(F)(F)Oc1ccc(-c2nc(Br)nc3scnc23)cc1. The maximum atomic E-state index is 12.1. The summed E-state index contributed by atoms with van der Waals surface area (Å²) in [5, 5.41) is 0. The molecule has 3 rings (SSSR count). The maximum Gasteiger partial charge on any atom is 0.573 e. The third kappa shape index (κ3) is 3.13. The van der Waals surface area contributed by atoms with Gasteiger partial charge in [-0.05, 0) is 40.2 Å². The number of aromatic nitrogens is 3. The average molecular weight is 376 g/mol. The molecule has 0 radical (unpaired) electrons. The first-order chi connectivity index (χ1) is 9.92. The Morgan fingerprint density at radius 1 is 1.10 bits per heavy atom. The molecule has 0 fully saturated rings. The van der Waals surface area contributed by atoms with Crippen molar-refractivity contribution in [2.24, 2.45) is 0 Å². The highest BCUT2D eigenvalue weighted by Gasteiger charge is 2.31. The summed E-state index contributed by atoms with van der Waals surface area (Å²) in [6.45, 7) is 0. The summed E-state index contributed by atoms with van der Waals surface area (Å²) in [4.78, 5) is 13.3. The fourth-order valence-corrected chi connectivity index (χ4v) is 2.88. The van der Waals surface area contributed by atoms with Crippen molar-refractivity contribution in [2.75, 3.05) is 0 Å². The third-order valence-electron chi connectivity index (χ3n) is 2.53. The molecule has 0 N–H and O–H groups in total. The number of nitrogens with zero attached hydrogens (tertiary/aromatic N) is 3. The van der Waals surface area contributed by atoms with Gasteiger partial charge in [-0.1, -0.05) is 0 Å². The second kappa shape index (κ2) is 5.23. The van der Waals surface area contributed by atoms with Crippen LogP contribution < -0.4 is 4.74 Å². The van der Waals surface area contributed by atoms with E-state index in [2.05, 4.69) is 35.6 Å². The van der Waals surface area contributed by atoms with Gasteiger partial charge in [-0.3, -0.25) is 0 Å². The van der Waals surface area contributed by atoms with Crippen LogP contribution >= 0.6 is 27.3 Å². The molecule has 0 aliphatic carbocycles. The molecule has 0 aliphatic heterocycles. The van der Waals surface area contributed by atoms with Gasteiger partial charge in [0, 0.05) is 5.56 Å². The first kappa shape index (κ1) is 14.2. The van der Waals surface area contributed by atoms with Crippen LogP contribution in [0.5, 0.6) is 5.75 Å². The van der Waals surface area contributed by atoms with Gasteiger partial charge in [-0.2, -0.15) is 0 Å². The maximum absolute atomic E-state index is 12.1. The van der Waals surface area contributed by atoms with Crippen molar-refractivity contribution < 1.29 is 17.9 Å². The molecular formula is C12H5BrF3N3OS. The van der Waals surface area contributed by atoms with Gasteiger partial charge in [-0.25, -0.2) is 15.0 Å². The second-order valence-corrected chi connectivity index (χ2v) is 5.46. The molecular weight excluding hydrogens is 371 g/mol. The summed E-state index contributed by atoms with van der Waals surface area (Å²) >= 11 is 4.56. The Kier molecular flexibility index (Phi) is 3.54. The standard InChI is InChI=1S/C12H5BrF3N3OS/c13-11-18-8(9-10(19-11)21-5-17-9)6-1-3-7(4-2-6)20-12(14,15)16/h1-5H. The summed E-state index contributed by atoms with van der Waals surface area (Å²) < 4.78 is 40.6. The Bertz CT molecular complexity index is 789. The van der Waals surface area contributed by atoms with E-state index in [1.54, 1.807) is 5.51 Å². The zero-order valence-electron chi connectivity index (χ0n) is 10.1. The number of halogens is 4. The van der Waals surface area contributed by atoms with Crippen molar-refractivity contribution in [3.8, 4) is 17.0 Å². The van der Waals surface area contributed by atoms with Crippen LogP contribution in [0.1, 0.15) is 0 Å². The fraction of sp³-hybridized carbons (Fsp3) is 0.0833. The van der Waals surface area contributed by atoms with E-state index in [1.165, 1.54) is 35.6 Å². The van der Waals surface area contributed by atoms with Crippen molar-refractivity contribution in [3.05, 3.63) is 34.5 Å². The number of fused-ring (bicyclic) bond motifs is 1. The van der Waals surface area contributed by atoms with Gasteiger partial charge < -0.3 is 4.74 Å². The van der Waals surface area contributed by atoms with Crippen LogP contribution in [0.4, 0.5) is 13.2 Å². The summed E-state index contributed by atoms with van der Waals surface area (Å²) in [5.74, 6) is -0.283. The zero-order valence-corrected chi connectivity index (χ0v) is 12.5. The van der Waals surface area contributed by atoms with Crippen LogP contribution in [-0.2, 0) is 0 Å². The lowest BCUT2D eigenvalue weighted by Gasteiger charge is -2.09. The van der Waals surface area contributed by atoms with E-state index in [0.29, 0.717) is 26.3 Å². The van der Waals surface area contributed by atoms with E-state index in [1.807, 2.05) is 0 Å². The van der Waals surface area contributed by atoms with Crippen LogP contribution in [-0.4, -0.2) is 21.3 Å². The first-order valence-corrected chi connectivity index (χ1v) is 7.22. The topological polar surface area (TPSA) is 47.9 Å². The Balaban J connectivity index is 2.01. The van der Waals surface area contributed by atoms with Gasteiger partial charge in [0.1, 0.15) is 21.8 Å². The van der Waals surface area contributed by atoms with Gasteiger partial charge >= 0.3 is 6.36 Å². The Morgan fingerprint density at radius 3 is 2.48 bits per heavy atom. The largest absolute Gasteiger partial charge is 0.573 e. The van der Waals surface area contributed by atoms with E-state index in [9.17, 15) is 13.2 Å². The average Bonchev–Trinajstić information content (AvgIpc) is 2.85. The highest BCUT2D eigenvalue weighted by molar-refractivity contribution is 9.10. The van der Waals surface area contributed by atoms with Crippen molar-refractivity contribution in [1.82, 2.24) is 15.0 Å². The lowest BCUT2D eigenvalue weighted by atomic mass is 10.1. The quantitative estimate of drug-likeness (QED) is 0.622. The Morgan fingerprint density at radius 2 is 1.81 bits per heavy atom. The molecule has 2 aromatic heterocycles. The Hall–Kier alpha value is -1.74. The molecule has 0 amide bonds. The molecule has 21 heavy (non-hydrogen) atoms. The molecule has 0 bridgehead atoms. The number of ether oxygens (including phenoxy) is 1. The monoisotopic (exact) mass is 375 g/mol. The van der Waals surface area contributed by atoms with Gasteiger partial charge in [0.25, 0.3) is 0 Å². The summed E-state index contributed by atoms with van der Waals surface area (Å²) in [7, 11) is 0. The van der Waals surface area contributed by atoms with Gasteiger partial charge in [0.2, 0.25) is 0 Å². The van der Waals surface area contributed by atoms with Gasteiger partial charge in [-0.15, -0.1) is 24.5 Å². The number of hydrogen-bond donors (Lipinski definition) is 0. The van der Waals surface area contributed by atoms with Crippen molar-refractivity contribution in [1.29, 1.82) is 0 Å². The highest BCUT2D eigenvalue weighted by Crippen LogP contribution is 2.30. The van der Waals surface area contributed by atoms with Crippen molar-refractivity contribution in [2.45, 2.75) is 6.36 Å². The minimum absolute atomic E-state index is 0.283. The third-order valence-corrected chi connectivity index (χ3v) is 3.61. The molecule has 9 heteroatoms. The van der Waals surface area contributed by atoms with Gasteiger partial charge in [0.15, 0.2) is 4.73 Å². The molecule has 3 aromatic rings. The van der Waals surface area contributed by atoms with Crippen molar-refractivity contribution >= 4 is 37.6 Å². The minimum atomic E-state index is -4.71.